The quantitative estimate of drug-likeness (QED) is 0.421. The highest BCUT2D eigenvalue weighted by Gasteiger charge is 2.26. The lowest BCUT2D eigenvalue weighted by Gasteiger charge is -2.18. The largest absolute Gasteiger partial charge is 0.357 e. The molecule has 3 aromatic heterocycles. The fourth-order valence-electron chi connectivity index (χ4n) is 3.63. The molecule has 0 spiro atoms. The number of halogens is 2. The number of likely N-dealkylation sites (N-methyl/N-ethyl adjacent to an activating group) is 1. The molecule has 2 N–H and O–H groups in total. The van der Waals surface area contributed by atoms with Gasteiger partial charge < -0.3 is 10.6 Å². The van der Waals surface area contributed by atoms with E-state index in [0.717, 1.165) is 21.9 Å². The lowest BCUT2D eigenvalue weighted by molar-refractivity contribution is -0.122. The van der Waals surface area contributed by atoms with Crippen LogP contribution in [0.3, 0.4) is 0 Å². The highest BCUT2D eigenvalue weighted by Crippen LogP contribution is 2.31. The van der Waals surface area contributed by atoms with E-state index >= 15 is 0 Å². The van der Waals surface area contributed by atoms with Crippen molar-refractivity contribution in [2.24, 2.45) is 0 Å². The number of fused-ring (bicyclic) bond motifs is 1. The second-order valence-corrected chi connectivity index (χ2v) is 9.37. The molecule has 1 atom stereocenters. The van der Waals surface area contributed by atoms with E-state index in [9.17, 15) is 18.4 Å². The molecule has 0 aliphatic rings. The summed E-state index contributed by atoms with van der Waals surface area (Å²) in [6, 6.07) is 7.40. The van der Waals surface area contributed by atoms with Crippen molar-refractivity contribution in [2.75, 3.05) is 7.05 Å². The summed E-state index contributed by atoms with van der Waals surface area (Å²) in [5.41, 5.74) is 1.52. The van der Waals surface area contributed by atoms with E-state index in [2.05, 4.69) is 15.7 Å². The van der Waals surface area contributed by atoms with Crippen LogP contribution in [0.4, 0.5) is 8.78 Å². The summed E-state index contributed by atoms with van der Waals surface area (Å²) in [7, 11) is 1.40. The second-order valence-electron chi connectivity index (χ2n) is 8.08. The van der Waals surface area contributed by atoms with Gasteiger partial charge in [0.1, 0.15) is 6.04 Å². The van der Waals surface area contributed by atoms with Crippen LogP contribution >= 0.6 is 11.3 Å². The van der Waals surface area contributed by atoms with Crippen molar-refractivity contribution in [2.45, 2.75) is 32.9 Å². The number of nitrogens with one attached hydrogen (secondary N) is 2. The van der Waals surface area contributed by atoms with Gasteiger partial charge in [0, 0.05) is 18.0 Å². The monoisotopic (exact) mass is 483 g/mol. The highest BCUT2D eigenvalue weighted by atomic mass is 32.1. The number of hydrogen-bond donors (Lipinski definition) is 2. The van der Waals surface area contributed by atoms with Crippen molar-refractivity contribution >= 4 is 34.2 Å². The van der Waals surface area contributed by atoms with Gasteiger partial charge in [0.05, 0.1) is 27.7 Å². The van der Waals surface area contributed by atoms with Gasteiger partial charge in [-0.2, -0.15) is 5.10 Å². The fraction of sp³-hybridized carbons (Fsp3) is 0.250. The summed E-state index contributed by atoms with van der Waals surface area (Å²) in [5.74, 6) is -3.29. The van der Waals surface area contributed by atoms with Crippen LogP contribution in [0.1, 0.15) is 46.7 Å². The molecule has 7 nitrogen and oxygen atoms in total. The zero-order valence-electron chi connectivity index (χ0n) is 19.0. The molecule has 1 unspecified atom stereocenters. The number of amides is 2. The summed E-state index contributed by atoms with van der Waals surface area (Å²) in [6.45, 7) is 5.90. The number of nitrogens with zero attached hydrogens (tertiary/aromatic N) is 3. The third-order valence-corrected chi connectivity index (χ3v) is 6.38. The van der Waals surface area contributed by atoms with Crippen LogP contribution in [0.15, 0.2) is 42.6 Å². The average molecular weight is 484 g/mol. The molecule has 34 heavy (non-hydrogen) atoms. The number of rotatable bonds is 6. The van der Waals surface area contributed by atoms with Crippen molar-refractivity contribution in [3.63, 3.8) is 0 Å². The minimum absolute atomic E-state index is 0.00189. The third kappa shape index (κ3) is 4.41. The van der Waals surface area contributed by atoms with Crippen molar-refractivity contribution in [3.8, 4) is 10.6 Å². The zero-order valence-corrected chi connectivity index (χ0v) is 19.8. The number of aromatic nitrogens is 3. The Bertz CT molecular complexity index is 1400. The molecular weight excluding hydrogens is 460 g/mol. The van der Waals surface area contributed by atoms with Gasteiger partial charge in [-0.15, -0.1) is 11.3 Å². The van der Waals surface area contributed by atoms with Gasteiger partial charge in [-0.25, -0.2) is 18.4 Å². The second kappa shape index (κ2) is 9.30. The Labute approximate surface area is 198 Å². The summed E-state index contributed by atoms with van der Waals surface area (Å²) in [6.07, 6.45) is 1.56. The zero-order chi connectivity index (χ0) is 24.6. The molecule has 0 saturated carbocycles. The van der Waals surface area contributed by atoms with Crippen molar-refractivity contribution in [3.05, 3.63) is 70.2 Å². The van der Waals surface area contributed by atoms with E-state index in [1.165, 1.54) is 13.1 Å². The first-order chi connectivity index (χ1) is 16.2. The van der Waals surface area contributed by atoms with E-state index in [0.29, 0.717) is 16.7 Å². The Balaban J connectivity index is 1.81. The molecule has 3 heterocycles. The van der Waals surface area contributed by atoms with E-state index < -0.39 is 29.5 Å². The van der Waals surface area contributed by atoms with Crippen molar-refractivity contribution in [1.82, 2.24) is 25.4 Å². The van der Waals surface area contributed by atoms with Crippen molar-refractivity contribution in [1.29, 1.82) is 0 Å². The predicted molar refractivity (Wildman–Crippen MR) is 127 cm³/mol. The average Bonchev–Trinajstić information content (AvgIpc) is 3.44. The van der Waals surface area contributed by atoms with Gasteiger partial charge in [-0.3, -0.25) is 9.59 Å². The number of hydrogen-bond acceptors (Lipinski definition) is 5. The van der Waals surface area contributed by atoms with Crippen molar-refractivity contribution < 1.29 is 18.4 Å². The molecule has 2 amide bonds. The molecule has 0 saturated heterocycles. The minimum Gasteiger partial charge on any atom is -0.357 e. The molecule has 176 valence electrons. The molecule has 0 aliphatic carbocycles. The van der Waals surface area contributed by atoms with Gasteiger partial charge in [0.15, 0.2) is 17.3 Å². The first kappa shape index (κ1) is 23.5. The van der Waals surface area contributed by atoms with Crippen LogP contribution in [-0.4, -0.2) is 33.6 Å². The molecule has 0 fully saturated rings. The molecule has 0 aliphatic heterocycles. The Morgan fingerprint density at radius 1 is 1.09 bits per heavy atom. The van der Waals surface area contributed by atoms with Crippen LogP contribution < -0.4 is 10.6 Å². The fourth-order valence-corrected chi connectivity index (χ4v) is 4.46. The first-order valence-corrected chi connectivity index (χ1v) is 11.4. The lowest BCUT2D eigenvalue weighted by Crippen LogP contribution is -2.39. The number of thiophene rings is 1. The van der Waals surface area contributed by atoms with E-state index in [-0.39, 0.29) is 17.2 Å². The summed E-state index contributed by atoms with van der Waals surface area (Å²) < 4.78 is 29.0. The smallest absolute Gasteiger partial charge is 0.253 e. The third-order valence-electron chi connectivity index (χ3n) is 5.35. The predicted octanol–water partition coefficient (Wildman–Crippen LogP) is 4.54. The maximum Gasteiger partial charge on any atom is 0.253 e. The van der Waals surface area contributed by atoms with Crippen LogP contribution in [0.5, 0.6) is 0 Å². The molecule has 4 rings (SSSR count). The van der Waals surface area contributed by atoms with Gasteiger partial charge in [0.2, 0.25) is 5.91 Å². The Morgan fingerprint density at radius 3 is 2.47 bits per heavy atom. The van der Waals surface area contributed by atoms with Gasteiger partial charge in [-0.1, -0.05) is 6.07 Å². The number of carbonyl (C=O) groups excluding carboxylic acids is 2. The minimum atomic E-state index is -1.23. The maximum absolute atomic E-state index is 13.9. The molecule has 1 aromatic carbocycles. The topological polar surface area (TPSA) is 88.9 Å². The molecular formula is C24H23F2N5O2S. The van der Waals surface area contributed by atoms with E-state index in [1.54, 1.807) is 28.3 Å². The van der Waals surface area contributed by atoms with Gasteiger partial charge in [0.25, 0.3) is 5.91 Å². The number of aryl methyl sites for hydroxylation is 1. The molecule has 0 radical (unpaired) electrons. The summed E-state index contributed by atoms with van der Waals surface area (Å²) >= 11 is 1.54. The summed E-state index contributed by atoms with van der Waals surface area (Å²) in [4.78, 5) is 32.7. The number of benzene rings is 1. The Hall–Kier alpha value is -3.66. The summed E-state index contributed by atoms with van der Waals surface area (Å²) in [5, 5.41) is 10.0. The number of carbonyl (C=O) groups is 2. The molecule has 10 heteroatoms. The maximum atomic E-state index is 13.9. The van der Waals surface area contributed by atoms with Crippen LogP contribution in [0.25, 0.3) is 21.6 Å². The number of pyridine rings is 1. The standard InChI is InChI=1S/C24H23F2N5O2S/c1-12(2)31-22-16(11-28-31)15(10-19(29-22)20-8-5-13(3)34-20)23(32)30-21(24(33)27-4)14-6-7-17(25)18(26)9-14/h5-12,21H,1-4H3,(H,27,33)(H,30,32). The van der Waals surface area contributed by atoms with Crippen LogP contribution in [0.2, 0.25) is 0 Å². The van der Waals surface area contributed by atoms with Gasteiger partial charge in [-0.05, 0) is 56.7 Å². The SMILES string of the molecule is CNC(=O)C(NC(=O)c1cc(-c2ccc(C)s2)nc2c1cnn2C(C)C)c1ccc(F)c(F)c1. The van der Waals surface area contributed by atoms with Crippen LogP contribution in [-0.2, 0) is 4.79 Å². The normalized spacial score (nSPS) is 12.2. The Morgan fingerprint density at radius 2 is 1.85 bits per heavy atom. The highest BCUT2D eigenvalue weighted by molar-refractivity contribution is 7.15. The molecule has 0 bridgehead atoms. The van der Waals surface area contributed by atoms with Gasteiger partial charge >= 0.3 is 0 Å². The molecule has 4 aromatic rings. The van der Waals surface area contributed by atoms with E-state index in [1.807, 2.05) is 32.9 Å². The first-order valence-electron chi connectivity index (χ1n) is 10.6. The Kier molecular flexibility index (Phi) is 6.43. The van der Waals surface area contributed by atoms with E-state index in [4.69, 9.17) is 4.98 Å². The van der Waals surface area contributed by atoms with Crippen LogP contribution in [0, 0.1) is 18.6 Å². The lowest BCUT2D eigenvalue weighted by atomic mass is 10.0.